The van der Waals surface area contributed by atoms with E-state index in [4.69, 9.17) is 4.74 Å². The number of nitrogens with one attached hydrogen (secondary N) is 3. The number of rotatable bonds is 8. The highest BCUT2D eigenvalue weighted by atomic mass is 19.4. The normalized spacial score (nSPS) is 13.1. The van der Waals surface area contributed by atoms with Crippen LogP contribution in [0, 0.1) is 0 Å². The van der Waals surface area contributed by atoms with Crippen LogP contribution in [0.2, 0.25) is 0 Å². The van der Waals surface area contributed by atoms with Crippen molar-refractivity contribution in [3.63, 3.8) is 0 Å². The third-order valence-electron chi connectivity index (χ3n) is 4.70. The highest BCUT2D eigenvalue weighted by molar-refractivity contribution is 5.59. The van der Waals surface area contributed by atoms with E-state index in [1.54, 1.807) is 0 Å². The first-order chi connectivity index (χ1) is 16.7. The van der Waals surface area contributed by atoms with Gasteiger partial charge >= 0.3 is 11.9 Å². The third kappa shape index (κ3) is 5.66. The second-order valence-corrected chi connectivity index (χ2v) is 7.37. The van der Waals surface area contributed by atoms with Crippen LogP contribution >= 0.6 is 0 Å². The Balaban J connectivity index is 1.79. The summed E-state index contributed by atoms with van der Waals surface area (Å²) in [5, 5.41) is 17.3. The van der Waals surface area contributed by atoms with Gasteiger partial charge in [0.1, 0.15) is 5.69 Å². The standard InChI is InChI=1S/C21H21F3N8O3/c1-2-7-35-8-6-25-19-31-18(27-14-5-3-4-13(10-14)21(22,23)24)29-16-12(11-26-32(16)19)9-15-17(33)30-20(34)28-15/h3-5,9-11,33H,2,6-8H2,1H3,(H,25,27,31)(H2,28,30,34). The SMILES string of the molecule is CCCOCCN=c1nc(Nc2cccc(C(F)(F)F)c2)nc2c(=Cc3[nH]c(=O)[nH]c3O)cnn12. The summed E-state index contributed by atoms with van der Waals surface area (Å²) in [6.45, 7) is 3.17. The van der Waals surface area contributed by atoms with Crippen molar-refractivity contribution < 1.29 is 23.0 Å². The zero-order chi connectivity index (χ0) is 25.0. The summed E-state index contributed by atoms with van der Waals surface area (Å²) in [4.78, 5) is 29.1. The molecule has 0 amide bonds. The van der Waals surface area contributed by atoms with Crippen LogP contribution in [-0.4, -0.2) is 54.4 Å². The molecule has 11 nitrogen and oxygen atoms in total. The number of benzene rings is 1. The Hall–Kier alpha value is -4.20. The first-order valence-electron chi connectivity index (χ1n) is 10.6. The minimum Gasteiger partial charge on any atom is -0.493 e. The number of H-pyrrole nitrogens is 2. The van der Waals surface area contributed by atoms with E-state index in [-0.39, 0.29) is 41.0 Å². The van der Waals surface area contributed by atoms with Crippen molar-refractivity contribution >= 4 is 23.4 Å². The molecule has 14 heteroatoms. The summed E-state index contributed by atoms with van der Waals surface area (Å²) in [7, 11) is 0. The summed E-state index contributed by atoms with van der Waals surface area (Å²) >= 11 is 0. The van der Waals surface area contributed by atoms with E-state index in [0.29, 0.717) is 18.4 Å². The molecule has 0 saturated heterocycles. The Morgan fingerprint density at radius 2 is 2.09 bits per heavy atom. The van der Waals surface area contributed by atoms with Gasteiger partial charge in [0.15, 0.2) is 5.65 Å². The number of aromatic nitrogens is 6. The van der Waals surface area contributed by atoms with E-state index >= 15 is 0 Å². The second kappa shape index (κ2) is 9.97. The fraction of sp³-hybridized carbons (Fsp3) is 0.286. The van der Waals surface area contributed by atoms with Crippen LogP contribution in [0.25, 0.3) is 11.7 Å². The van der Waals surface area contributed by atoms with Gasteiger partial charge in [-0.3, -0.25) is 4.98 Å². The van der Waals surface area contributed by atoms with Crippen molar-refractivity contribution in [2.45, 2.75) is 19.5 Å². The van der Waals surface area contributed by atoms with Crippen LogP contribution in [0.1, 0.15) is 24.6 Å². The summed E-state index contributed by atoms with van der Waals surface area (Å²) in [5.41, 5.74) is -0.831. The van der Waals surface area contributed by atoms with E-state index in [2.05, 4.69) is 35.3 Å². The van der Waals surface area contributed by atoms with Crippen molar-refractivity contribution in [3.8, 4) is 5.88 Å². The van der Waals surface area contributed by atoms with Crippen LogP contribution in [-0.2, 0) is 10.9 Å². The lowest BCUT2D eigenvalue weighted by molar-refractivity contribution is -0.137. The molecule has 35 heavy (non-hydrogen) atoms. The maximum Gasteiger partial charge on any atom is 0.416 e. The predicted molar refractivity (Wildman–Crippen MR) is 119 cm³/mol. The number of hydrogen-bond donors (Lipinski definition) is 4. The van der Waals surface area contributed by atoms with Crippen molar-refractivity contribution in [1.82, 2.24) is 29.5 Å². The van der Waals surface area contributed by atoms with Crippen LogP contribution in [0.5, 0.6) is 5.88 Å². The number of ether oxygens (including phenoxy) is 1. The van der Waals surface area contributed by atoms with E-state index in [9.17, 15) is 23.1 Å². The molecule has 4 rings (SSSR count). The van der Waals surface area contributed by atoms with Gasteiger partial charge in [-0.25, -0.2) is 9.79 Å². The monoisotopic (exact) mass is 490 g/mol. The molecular weight excluding hydrogens is 469 g/mol. The molecule has 4 N–H and O–H groups in total. The molecule has 0 atom stereocenters. The van der Waals surface area contributed by atoms with Gasteiger partial charge in [0.2, 0.25) is 11.8 Å². The molecule has 3 heterocycles. The van der Waals surface area contributed by atoms with Gasteiger partial charge in [-0.15, -0.1) is 0 Å². The zero-order valence-corrected chi connectivity index (χ0v) is 18.4. The third-order valence-corrected chi connectivity index (χ3v) is 4.70. The molecule has 184 valence electrons. The molecule has 0 bridgehead atoms. The summed E-state index contributed by atoms with van der Waals surface area (Å²) in [6, 6.07) is 4.61. The van der Waals surface area contributed by atoms with Gasteiger partial charge in [0, 0.05) is 17.5 Å². The molecule has 0 fully saturated rings. The smallest absolute Gasteiger partial charge is 0.416 e. The molecule has 0 aliphatic rings. The number of fused-ring (bicyclic) bond motifs is 1. The molecule has 4 aromatic rings. The van der Waals surface area contributed by atoms with E-state index < -0.39 is 17.4 Å². The maximum atomic E-state index is 13.1. The van der Waals surface area contributed by atoms with Crippen molar-refractivity contribution in [2.75, 3.05) is 25.1 Å². The molecule has 0 radical (unpaired) electrons. The summed E-state index contributed by atoms with van der Waals surface area (Å²) < 4.78 is 46.1. The lowest BCUT2D eigenvalue weighted by Gasteiger charge is -2.10. The summed E-state index contributed by atoms with van der Waals surface area (Å²) in [6.07, 6.45) is -0.792. The van der Waals surface area contributed by atoms with Gasteiger partial charge in [-0.1, -0.05) is 13.0 Å². The molecule has 0 aliphatic carbocycles. The van der Waals surface area contributed by atoms with Crippen LogP contribution < -0.4 is 21.8 Å². The Morgan fingerprint density at radius 1 is 1.26 bits per heavy atom. The van der Waals surface area contributed by atoms with E-state index in [0.717, 1.165) is 18.6 Å². The second-order valence-electron chi connectivity index (χ2n) is 7.37. The topological polar surface area (TPSA) is 146 Å². The average Bonchev–Trinajstić information content (AvgIpc) is 3.35. The van der Waals surface area contributed by atoms with Gasteiger partial charge in [-0.2, -0.15) is 32.8 Å². The van der Waals surface area contributed by atoms with Crippen molar-refractivity contribution in [3.05, 3.63) is 63.0 Å². The van der Waals surface area contributed by atoms with Crippen molar-refractivity contribution in [1.29, 1.82) is 0 Å². The molecule has 0 saturated carbocycles. The number of hydrogen-bond acceptors (Lipinski definition) is 8. The number of alkyl halides is 3. The highest BCUT2D eigenvalue weighted by Gasteiger charge is 2.30. The number of nitrogens with zero attached hydrogens (tertiary/aromatic N) is 5. The average molecular weight is 490 g/mol. The minimum atomic E-state index is -4.51. The number of halogens is 3. The minimum absolute atomic E-state index is 0.0213. The maximum absolute atomic E-state index is 13.1. The van der Waals surface area contributed by atoms with Gasteiger partial charge in [0.05, 0.1) is 24.9 Å². The first kappa shape index (κ1) is 23.9. The van der Waals surface area contributed by atoms with Crippen LogP contribution in [0.15, 0.2) is 40.2 Å². The number of aromatic hydroxyl groups is 1. The van der Waals surface area contributed by atoms with Crippen molar-refractivity contribution in [2.24, 2.45) is 4.99 Å². The Kier molecular flexibility index (Phi) is 6.82. The molecule has 0 unspecified atom stereocenters. The number of imidazole rings is 1. The van der Waals surface area contributed by atoms with Gasteiger partial charge < -0.3 is 20.1 Å². The highest BCUT2D eigenvalue weighted by Crippen LogP contribution is 2.31. The number of anilines is 2. The summed E-state index contributed by atoms with van der Waals surface area (Å²) in [5.74, 6) is -0.393. The lowest BCUT2D eigenvalue weighted by Crippen LogP contribution is -2.24. The fourth-order valence-corrected chi connectivity index (χ4v) is 3.15. The van der Waals surface area contributed by atoms with E-state index in [1.165, 1.54) is 28.9 Å². The van der Waals surface area contributed by atoms with E-state index in [1.807, 2.05) is 6.92 Å². The van der Waals surface area contributed by atoms with Crippen LogP contribution in [0.3, 0.4) is 0 Å². The molecule has 0 spiro atoms. The number of aromatic amines is 2. The Bertz CT molecular complexity index is 1510. The van der Waals surface area contributed by atoms with Gasteiger partial charge in [0.25, 0.3) is 5.62 Å². The zero-order valence-electron chi connectivity index (χ0n) is 18.4. The largest absolute Gasteiger partial charge is 0.493 e. The molecular formula is C21H21F3N8O3. The Labute approximate surface area is 195 Å². The quantitative estimate of drug-likeness (QED) is 0.274. The molecule has 0 aliphatic heterocycles. The Morgan fingerprint density at radius 3 is 2.80 bits per heavy atom. The lowest BCUT2D eigenvalue weighted by atomic mass is 10.2. The fourth-order valence-electron chi connectivity index (χ4n) is 3.15. The van der Waals surface area contributed by atoms with Crippen LogP contribution in [0.4, 0.5) is 24.8 Å². The molecule has 3 aromatic heterocycles. The molecule has 1 aromatic carbocycles. The van der Waals surface area contributed by atoms with Gasteiger partial charge in [-0.05, 0) is 30.7 Å². The first-order valence-corrected chi connectivity index (χ1v) is 10.6. The predicted octanol–water partition coefficient (Wildman–Crippen LogP) is 1.48.